The van der Waals surface area contributed by atoms with Crippen LogP contribution in [0.5, 0.6) is 0 Å². The number of nitrogens with one attached hydrogen (secondary N) is 2. The molecule has 158 valence electrons. The number of amides is 1. The van der Waals surface area contributed by atoms with Crippen LogP contribution < -0.4 is 16.4 Å². The number of fused-ring (bicyclic) bond motifs is 2. The normalized spacial score (nSPS) is 11.2. The Morgan fingerprint density at radius 1 is 1.19 bits per heavy atom. The maximum atomic E-state index is 13.1. The molecule has 0 fully saturated rings. The van der Waals surface area contributed by atoms with Gasteiger partial charge < -0.3 is 9.88 Å². The van der Waals surface area contributed by atoms with Gasteiger partial charge in [-0.2, -0.15) is 0 Å². The van der Waals surface area contributed by atoms with Crippen molar-refractivity contribution in [2.75, 3.05) is 0 Å². The third-order valence-corrected chi connectivity index (χ3v) is 5.16. The van der Waals surface area contributed by atoms with Crippen LogP contribution in [0.4, 0.5) is 4.39 Å². The molecule has 0 bridgehead atoms. The van der Waals surface area contributed by atoms with E-state index in [0.717, 1.165) is 18.4 Å². The van der Waals surface area contributed by atoms with E-state index in [2.05, 4.69) is 10.3 Å². The molecule has 4 rings (SSSR count). The fourth-order valence-corrected chi connectivity index (χ4v) is 3.47. The minimum absolute atomic E-state index is 0.00439. The first-order chi connectivity index (χ1) is 15.0. The fraction of sp³-hybridized carbons (Fsp3) is 0.217. The van der Waals surface area contributed by atoms with Crippen LogP contribution in [0.25, 0.3) is 16.7 Å². The number of aryl methyl sites for hydroxylation is 1. The molecule has 1 amide bonds. The lowest BCUT2D eigenvalue weighted by Crippen LogP contribution is -2.34. The summed E-state index contributed by atoms with van der Waals surface area (Å²) in [5, 5.41) is 11.7. The van der Waals surface area contributed by atoms with Gasteiger partial charge in [-0.15, -0.1) is 0 Å². The zero-order valence-electron chi connectivity index (χ0n) is 17.1. The molecule has 0 radical (unpaired) electrons. The molecule has 3 aromatic heterocycles. The molecule has 1 aromatic carbocycles. The number of carbonyl (C=O) groups is 1. The van der Waals surface area contributed by atoms with Gasteiger partial charge in [0.2, 0.25) is 0 Å². The van der Waals surface area contributed by atoms with Crippen LogP contribution in [0.3, 0.4) is 0 Å². The molecule has 31 heavy (non-hydrogen) atoms. The second kappa shape index (κ2) is 8.51. The maximum Gasteiger partial charge on any atom is 0.267 e. The number of halogens is 1. The van der Waals surface area contributed by atoms with Gasteiger partial charge in [0, 0.05) is 19.3 Å². The van der Waals surface area contributed by atoms with E-state index in [9.17, 15) is 14.0 Å². The summed E-state index contributed by atoms with van der Waals surface area (Å²) in [7, 11) is 0. The third kappa shape index (κ3) is 3.96. The first kappa shape index (κ1) is 20.5. The molecule has 0 spiro atoms. The average Bonchev–Trinajstić information content (AvgIpc) is 2.78. The first-order valence-electron chi connectivity index (χ1n) is 10.1. The molecule has 0 atom stereocenters. The van der Waals surface area contributed by atoms with Gasteiger partial charge in [0.05, 0.1) is 10.9 Å². The molecule has 0 aliphatic carbocycles. The molecule has 4 aromatic rings. The Morgan fingerprint density at radius 2 is 1.97 bits per heavy atom. The Kier molecular flexibility index (Phi) is 5.62. The Morgan fingerprint density at radius 3 is 2.71 bits per heavy atom. The summed E-state index contributed by atoms with van der Waals surface area (Å²) in [6.45, 7) is 2.68. The van der Waals surface area contributed by atoms with Gasteiger partial charge in [0.1, 0.15) is 22.6 Å². The highest BCUT2D eigenvalue weighted by Crippen LogP contribution is 2.11. The molecule has 3 heterocycles. The van der Waals surface area contributed by atoms with Crippen molar-refractivity contribution >= 4 is 22.6 Å². The van der Waals surface area contributed by atoms with Crippen molar-refractivity contribution < 1.29 is 9.18 Å². The number of hydrogen-bond donors (Lipinski definition) is 2. The number of nitrogens with zero attached hydrogens (tertiary/aromatic N) is 3. The second-order valence-corrected chi connectivity index (χ2v) is 7.30. The Balaban J connectivity index is 1.81. The molecule has 0 aliphatic heterocycles. The highest BCUT2D eigenvalue weighted by atomic mass is 19.1. The fourth-order valence-electron chi connectivity index (χ4n) is 3.47. The number of carbonyl (C=O) groups excluding carboxylic acids is 1. The zero-order chi connectivity index (χ0) is 22.0. The van der Waals surface area contributed by atoms with Crippen LogP contribution in [0.1, 0.15) is 35.7 Å². The van der Waals surface area contributed by atoms with E-state index in [0.29, 0.717) is 17.8 Å². The molecule has 0 saturated carbocycles. The SMILES string of the molecule is CCCCn1c(=N)c(C(=O)NCc2ccc(F)cc2)cc2c(=O)n3ccccc3nc21. The molecule has 0 aliphatic rings. The summed E-state index contributed by atoms with van der Waals surface area (Å²) in [6, 6.07) is 12.5. The van der Waals surface area contributed by atoms with Gasteiger partial charge in [-0.3, -0.25) is 19.4 Å². The molecule has 8 heteroatoms. The van der Waals surface area contributed by atoms with Crippen LogP contribution in [0.15, 0.2) is 59.5 Å². The quantitative estimate of drug-likeness (QED) is 0.471. The van der Waals surface area contributed by atoms with Crippen molar-refractivity contribution in [3.8, 4) is 0 Å². The summed E-state index contributed by atoms with van der Waals surface area (Å²) >= 11 is 0. The van der Waals surface area contributed by atoms with Crippen molar-refractivity contribution in [1.29, 1.82) is 5.41 Å². The predicted molar refractivity (Wildman–Crippen MR) is 115 cm³/mol. The lowest BCUT2D eigenvalue weighted by Gasteiger charge is -2.14. The molecule has 0 saturated heterocycles. The summed E-state index contributed by atoms with van der Waals surface area (Å²) in [5.74, 6) is -0.825. The minimum atomic E-state index is -0.473. The highest BCUT2D eigenvalue weighted by Gasteiger charge is 2.17. The van der Waals surface area contributed by atoms with E-state index >= 15 is 0 Å². The number of pyridine rings is 2. The van der Waals surface area contributed by atoms with Crippen LogP contribution in [-0.2, 0) is 13.1 Å². The van der Waals surface area contributed by atoms with E-state index < -0.39 is 5.91 Å². The topological polar surface area (TPSA) is 92.2 Å². The zero-order valence-corrected chi connectivity index (χ0v) is 17.1. The number of benzene rings is 1. The smallest absolute Gasteiger partial charge is 0.267 e. The van der Waals surface area contributed by atoms with Crippen LogP contribution in [0.2, 0.25) is 0 Å². The van der Waals surface area contributed by atoms with Crippen molar-refractivity contribution in [2.24, 2.45) is 0 Å². The Hall–Kier alpha value is -3.81. The average molecular weight is 419 g/mol. The summed E-state index contributed by atoms with van der Waals surface area (Å²) < 4.78 is 16.1. The van der Waals surface area contributed by atoms with E-state index in [4.69, 9.17) is 5.41 Å². The van der Waals surface area contributed by atoms with Gasteiger partial charge in [-0.1, -0.05) is 31.5 Å². The Labute approximate surface area is 177 Å². The van der Waals surface area contributed by atoms with Gasteiger partial charge >= 0.3 is 0 Å². The van der Waals surface area contributed by atoms with Gasteiger partial charge in [-0.25, -0.2) is 9.37 Å². The van der Waals surface area contributed by atoms with Gasteiger partial charge in [0.25, 0.3) is 11.5 Å². The van der Waals surface area contributed by atoms with Crippen LogP contribution in [0, 0.1) is 11.2 Å². The van der Waals surface area contributed by atoms with Crippen molar-refractivity contribution in [2.45, 2.75) is 32.9 Å². The summed E-state index contributed by atoms with van der Waals surface area (Å²) in [4.78, 5) is 30.6. The highest BCUT2D eigenvalue weighted by molar-refractivity contribution is 5.96. The van der Waals surface area contributed by atoms with Crippen LogP contribution in [-0.4, -0.2) is 19.9 Å². The maximum absolute atomic E-state index is 13.1. The number of unbranched alkanes of at least 4 members (excludes halogenated alkanes) is 1. The predicted octanol–water partition coefficient (Wildman–Crippen LogP) is 3.00. The van der Waals surface area contributed by atoms with E-state index in [1.165, 1.54) is 22.6 Å². The number of rotatable bonds is 6. The van der Waals surface area contributed by atoms with Gasteiger partial charge in [-0.05, 0) is 42.3 Å². The largest absolute Gasteiger partial charge is 0.348 e. The lowest BCUT2D eigenvalue weighted by molar-refractivity contribution is 0.0948. The van der Waals surface area contributed by atoms with Gasteiger partial charge in [0.15, 0.2) is 0 Å². The summed E-state index contributed by atoms with van der Waals surface area (Å²) in [5.41, 5.74) is 1.42. The van der Waals surface area contributed by atoms with E-state index in [-0.39, 0.29) is 34.4 Å². The number of aromatic nitrogens is 3. The van der Waals surface area contributed by atoms with E-state index in [1.807, 2.05) is 6.92 Å². The molecular weight excluding hydrogens is 397 g/mol. The minimum Gasteiger partial charge on any atom is -0.348 e. The van der Waals surface area contributed by atoms with Crippen LogP contribution >= 0.6 is 0 Å². The first-order valence-corrected chi connectivity index (χ1v) is 10.1. The molecular formula is C23H22FN5O2. The van der Waals surface area contributed by atoms with E-state index in [1.54, 1.807) is 41.1 Å². The third-order valence-electron chi connectivity index (χ3n) is 5.16. The monoisotopic (exact) mass is 419 g/mol. The number of hydrogen-bond acceptors (Lipinski definition) is 4. The molecule has 0 unspecified atom stereocenters. The Bertz CT molecular complexity index is 1390. The molecule has 7 nitrogen and oxygen atoms in total. The standard InChI is InChI=1S/C23H22FN5O2/c1-2-3-11-29-20(25)17(22(30)26-14-15-7-9-16(24)10-8-15)13-18-21(29)27-19-6-4-5-12-28(19)23(18)31/h4-10,12-13,25H,2-3,11,14H2,1H3,(H,26,30). The second-order valence-electron chi connectivity index (χ2n) is 7.30. The van der Waals surface area contributed by atoms with Crippen molar-refractivity contribution in [3.05, 3.63) is 87.5 Å². The molecule has 2 N–H and O–H groups in total. The summed E-state index contributed by atoms with van der Waals surface area (Å²) in [6.07, 6.45) is 3.30. The lowest BCUT2D eigenvalue weighted by atomic mass is 10.1. The van der Waals surface area contributed by atoms with Crippen molar-refractivity contribution in [1.82, 2.24) is 19.3 Å². The van der Waals surface area contributed by atoms with Crippen molar-refractivity contribution in [3.63, 3.8) is 0 Å².